The van der Waals surface area contributed by atoms with Crippen molar-refractivity contribution in [3.8, 4) is 0 Å². The van der Waals surface area contributed by atoms with Crippen molar-refractivity contribution in [2.45, 2.75) is 71.4 Å². The summed E-state index contributed by atoms with van der Waals surface area (Å²) < 4.78 is 0. The van der Waals surface area contributed by atoms with Gasteiger partial charge in [0.15, 0.2) is 0 Å². The zero-order valence-electron chi connectivity index (χ0n) is 19.9. The second-order valence-electron chi connectivity index (χ2n) is 9.67. The van der Waals surface area contributed by atoms with Gasteiger partial charge in [-0.1, -0.05) is 18.9 Å². The Morgan fingerprint density at radius 3 is 2.48 bits per heavy atom. The van der Waals surface area contributed by atoms with E-state index < -0.39 is 5.54 Å². The molecular weight excluding hydrogens is 416 g/mol. The summed E-state index contributed by atoms with van der Waals surface area (Å²) in [6.07, 6.45) is 9.61. The Kier molecular flexibility index (Phi) is 6.23. The number of amides is 3. The SMILES string of the molecule is CC1=CC2=NC(=O)C[C@](C)(C(=O)N(CC(=O)NC3CCCC3)c3cc(C)cc(C)c3)N2C=C1. The fourth-order valence-corrected chi connectivity index (χ4v) is 4.98. The Balaban J connectivity index is 1.69. The number of allylic oxidation sites excluding steroid dienone is 2. The molecule has 1 aromatic rings. The summed E-state index contributed by atoms with van der Waals surface area (Å²) in [6.45, 7) is 7.51. The molecule has 0 aromatic heterocycles. The van der Waals surface area contributed by atoms with Crippen LogP contribution >= 0.6 is 0 Å². The molecule has 174 valence electrons. The Morgan fingerprint density at radius 2 is 1.82 bits per heavy atom. The van der Waals surface area contributed by atoms with Crippen molar-refractivity contribution < 1.29 is 14.4 Å². The largest absolute Gasteiger partial charge is 0.352 e. The zero-order valence-corrected chi connectivity index (χ0v) is 19.9. The Labute approximate surface area is 195 Å². The molecule has 3 aliphatic rings. The Morgan fingerprint density at radius 1 is 1.15 bits per heavy atom. The number of anilines is 1. The first-order valence-corrected chi connectivity index (χ1v) is 11.6. The van der Waals surface area contributed by atoms with E-state index in [0.717, 1.165) is 42.4 Å². The van der Waals surface area contributed by atoms with Crippen LogP contribution in [0.4, 0.5) is 5.69 Å². The highest BCUT2D eigenvalue weighted by molar-refractivity contribution is 6.13. The minimum Gasteiger partial charge on any atom is -0.352 e. The topological polar surface area (TPSA) is 82.1 Å². The van der Waals surface area contributed by atoms with Crippen LogP contribution in [0, 0.1) is 13.8 Å². The van der Waals surface area contributed by atoms with Gasteiger partial charge in [-0.3, -0.25) is 14.4 Å². The van der Waals surface area contributed by atoms with Crippen molar-refractivity contribution in [3.05, 3.63) is 53.3 Å². The predicted octanol–water partition coefficient (Wildman–Crippen LogP) is 3.56. The number of fused-ring (bicyclic) bond motifs is 1. The van der Waals surface area contributed by atoms with Crippen molar-refractivity contribution in [1.29, 1.82) is 0 Å². The van der Waals surface area contributed by atoms with Crippen LogP contribution in [0.25, 0.3) is 0 Å². The lowest BCUT2D eigenvalue weighted by molar-refractivity contribution is -0.133. The van der Waals surface area contributed by atoms with Gasteiger partial charge in [-0.25, -0.2) is 0 Å². The molecule has 0 unspecified atom stereocenters. The minimum absolute atomic E-state index is 0.0574. The number of amidine groups is 1. The van der Waals surface area contributed by atoms with Crippen LogP contribution in [0.5, 0.6) is 0 Å². The van der Waals surface area contributed by atoms with Crippen LogP contribution in [0.2, 0.25) is 0 Å². The molecule has 0 saturated heterocycles. The highest BCUT2D eigenvalue weighted by atomic mass is 16.2. The van der Waals surface area contributed by atoms with E-state index in [-0.39, 0.29) is 36.7 Å². The second-order valence-corrected chi connectivity index (χ2v) is 9.67. The number of aliphatic imine (C=N–C) groups is 1. The summed E-state index contributed by atoms with van der Waals surface area (Å²) in [6, 6.07) is 6.01. The van der Waals surface area contributed by atoms with Gasteiger partial charge < -0.3 is 15.1 Å². The fraction of sp³-hybridized carbons (Fsp3) is 0.462. The number of aryl methyl sites for hydroxylation is 2. The molecular formula is C26H32N4O3. The standard InChI is InChI=1S/C26H32N4O3/c1-17-9-10-30-22(14-17)28-23(31)15-26(30,4)25(33)29(21-12-18(2)11-19(3)13-21)16-24(32)27-20-7-5-6-8-20/h9-14,20H,5-8,15-16H2,1-4H3,(H,27,32)/t26-/m1/s1. The molecule has 1 aliphatic carbocycles. The number of carbonyl (C=O) groups excluding carboxylic acids is 3. The maximum Gasteiger partial charge on any atom is 0.254 e. The molecule has 2 aliphatic heterocycles. The van der Waals surface area contributed by atoms with E-state index in [9.17, 15) is 14.4 Å². The average molecular weight is 449 g/mol. The Hall–Kier alpha value is -3.22. The van der Waals surface area contributed by atoms with E-state index in [4.69, 9.17) is 0 Å². The molecule has 1 N–H and O–H groups in total. The molecule has 1 atom stereocenters. The van der Waals surface area contributed by atoms with Gasteiger partial charge in [0.2, 0.25) is 5.91 Å². The number of hydrogen-bond acceptors (Lipinski definition) is 4. The van der Waals surface area contributed by atoms with Crippen LogP contribution in [0.1, 0.15) is 57.1 Å². The van der Waals surface area contributed by atoms with Crippen LogP contribution in [0.15, 0.2) is 47.1 Å². The first-order valence-electron chi connectivity index (χ1n) is 11.6. The number of rotatable bonds is 5. The van der Waals surface area contributed by atoms with Crippen LogP contribution in [-0.2, 0) is 14.4 Å². The quantitative estimate of drug-likeness (QED) is 0.747. The van der Waals surface area contributed by atoms with E-state index in [2.05, 4.69) is 10.3 Å². The average Bonchev–Trinajstić information content (AvgIpc) is 3.23. The van der Waals surface area contributed by atoms with Gasteiger partial charge in [0, 0.05) is 17.9 Å². The molecule has 33 heavy (non-hydrogen) atoms. The molecule has 7 nitrogen and oxygen atoms in total. The van der Waals surface area contributed by atoms with E-state index in [1.165, 1.54) is 4.90 Å². The molecule has 2 heterocycles. The van der Waals surface area contributed by atoms with Crippen molar-refractivity contribution in [3.63, 3.8) is 0 Å². The maximum atomic E-state index is 14.1. The molecule has 0 bridgehead atoms. The van der Waals surface area contributed by atoms with Crippen LogP contribution in [0.3, 0.4) is 0 Å². The summed E-state index contributed by atoms with van der Waals surface area (Å²) in [5.41, 5.74) is 2.43. The fourth-order valence-electron chi connectivity index (χ4n) is 4.98. The second kappa shape index (κ2) is 8.96. The lowest BCUT2D eigenvalue weighted by Gasteiger charge is -2.44. The molecule has 3 amide bonds. The van der Waals surface area contributed by atoms with Gasteiger partial charge in [-0.15, -0.1) is 0 Å². The highest BCUT2D eigenvalue weighted by Crippen LogP contribution is 2.33. The molecule has 4 rings (SSSR count). The number of nitrogens with one attached hydrogen (secondary N) is 1. The summed E-state index contributed by atoms with van der Waals surface area (Å²) in [4.78, 5) is 47.1. The van der Waals surface area contributed by atoms with E-state index >= 15 is 0 Å². The lowest BCUT2D eigenvalue weighted by Crippen LogP contribution is -2.62. The molecule has 1 aromatic carbocycles. The first kappa shape index (κ1) is 23.0. The third-order valence-electron chi connectivity index (χ3n) is 6.60. The summed E-state index contributed by atoms with van der Waals surface area (Å²) in [5, 5.41) is 3.09. The van der Waals surface area contributed by atoms with Gasteiger partial charge >= 0.3 is 0 Å². The first-order chi connectivity index (χ1) is 15.7. The van der Waals surface area contributed by atoms with Crippen molar-refractivity contribution in [2.75, 3.05) is 11.4 Å². The number of hydrogen-bond donors (Lipinski definition) is 1. The summed E-state index contributed by atoms with van der Waals surface area (Å²) >= 11 is 0. The summed E-state index contributed by atoms with van der Waals surface area (Å²) in [7, 11) is 0. The normalized spacial score (nSPS) is 22.5. The van der Waals surface area contributed by atoms with Crippen molar-refractivity contribution >= 4 is 29.2 Å². The monoisotopic (exact) mass is 448 g/mol. The van der Waals surface area contributed by atoms with E-state index in [1.807, 2.05) is 45.0 Å². The molecule has 0 radical (unpaired) electrons. The van der Waals surface area contributed by atoms with Gasteiger partial charge in [0.1, 0.15) is 17.9 Å². The number of benzene rings is 1. The minimum atomic E-state index is -1.19. The third kappa shape index (κ3) is 4.77. The van der Waals surface area contributed by atoms with Crippen molar-refractivity contribution in [2.24, 2.45) is 4.99 Å². The maximum absolute atomic E-state index is 14.1. The highest BCUT2D eigenvalue weighted by Gasteiger charge is 2.48. The molecule has 0 spiro atoms. The van der Waals surface area contributed by atoms with E-state index in [0.29, 0.717) is 11.5 Å². The molecule has 1 saturated carbocycles. The van der Waals surface area contributed by atoms with Crippen LogP contribution in [-0.4, -0.2) is 46.6 Å². The van der Waals surface area contributed by atoms with Crippen LogP contribution < -0.4 is 10.2 Å². The van der Waals surface area contributed by atoms with Gasteiger partial charge in [0.05, 0.1) is 6.42 Å². The lowest BCUT2D eigenvalue weighted by atomic mass is 9.89. The van der Waals surface area contributed by atoms with Gasteiger partial charge in [-0.05, 0) is 81.5 Å². The Bertz CT molecular complexity index is 1060. The predicted molar refractivity (Wildman–Crippen MR) is 129 cm³/mol. The number of carbonyl (C=O) groups is 3. The van der Waals surface area contributed by atoms with E-state index in [1.54, 1.807) is 24.1 Å². The molecule has 1 fully saturated rings. The smallest absolute Gasteiger partial charge is 0.254 e. The molecule has 7 heteroatoms. The van der Waals surface area contributed by atoms with Gasteiger partial charge in [-0.2, -0.15) is 4.99 Å². The number of nitrogens with zero attached hydrogens (tertiary/aromatic N) is 3. The van der Waals surface area contributed by atoms with Gasteiger partial charge in [0.25, 0.3) is 11.8 Å². The van der Waals surface area contributed by atoms with Crippen molar-refractivity contribution in [1.82, 2.24) is 10.2 Å². The summed E-state index contributed by atoms with van der Waals surface area (Å²) in [5.74, 6) is -0.364. The third-order valence-corrected chi connectivity index (χ3v) is 6.60. The zero-order chi connectivity index (χ0) is 23.8.